The molecule has 1 aliphatic heterocycles. The van der Waals surface area contributed by atoms with Gasteiger partial charge in [-0.05, 0) is 50.3 Å². The minimum absolute atomic E-state index is 0.0240. The number of carbonyl (C=O) groups is 1. The molecule has 3 heterocycles. The first-order valence-electron chi connectivity index (χ1n) is 10.8. The Morgan fingerprint density at radius 1 is 1.16 bits per heavy atom. The summed E-state index contributed by atoms with van der Waals surface area (Å²) in [7, 11) is 0. The highest BCUT2D eigenvalue weighted by molar-refractivity contribution is 8.00. The van der Waals surface area contributed by atoms with Gasteiger partial charge in [-0.2, -0.15) is 0 Å². The number of morpholine rings is 1. The molecule has 0 radical (unpaired) electrons. The second kappa shape index (κ2) is 8.76. The van der Waals surface area contributed by atoms with Crippen LogP contribution in [0.5, 0.6) is 0 Å². The van der Waals surface area contributed by atoms with E-state index < -0.39 is 0 Å². The summed E-state index contributed by atoms with van der Waals surface area (Å²) < 4.78 is 7.06. The number of ether oxygens (including phenoxy) is 1. The number of hydrogen-bond donors (Lipinski definition) is 0. The molecule has 2 aliphatic rings. The van der Waals surface area contributed by atoms with Crippen molar-refractivity contribution in [3.63, 3.8) is 0 Å². The average molecular weight is 456 g/mol. The van der Waals surface area contributed by atoms with Crippen LogP contribution in [0.4, 0.5) is 0 Å². The number of aryl methyl sites for hydroxylation is 2. The Hall–Kier alpha value is -2.16. The monoisotopic (exact) mass is 455 g/mol. The SMILES string of the molecule is CC(Sc1nc2sc3c(c2c(=O)n1-c1ccccc1)CCCC3)C(=O)N1CCOCC1. The molecule has 162 valence electrons. The fourth-order valence-electron chi connectivity index (χ4n) is 4.32. The smallest absolute Gasteiger partial charge is 0.267 e. The molecule has 0 N–H and O–H groups in total. The van der Waals surface area contributed by atoms with Crippen molar-refractivity contribution in [2.45, 2.75) is 43.0 Å². The molecule has 5 rings (SSSR count). The van der Waals surface area contributed by atoms with E-state index in [9.17, 15) is 9.59 Å². The summed E-state index contributed by atoms with van der Waals surface area (Å²) in [5.74, 6) is 0.0627. The molecule has 0 bridgehead atoms. The summed E-state index contributed by atoms with van der Waals surface area (Å²) in [6.07, 6.45) is 4.25. The van der Waals surface area contributed by atoms with Crippen LogP contribution in [0.1, 0.15) is 30.2 Å². The highest BCUT2D eigenvalue weighted by atomic mass is 32.2. The number of thioether (sulfide) groups is 1. The second-order valence-corrected chi connectivity index (χ2v) is 10.4. The number of thiophene rings is 1. The number of fused-ring (bicyclic) bond motifs is 3. The van der Waals surface area contributed by atoms with Crippen LogP contribution in [0.2, 0.25) is 0 Å². The van der Waals surface area contributed by atoms with Gasteiger partial charge in [-0.1, -0.05) is 30.0 Å². The maximum atomic E-state index is 13.7. The number of rotatable bonds is 4. The minimum Gasteiger partial charge on any atom is -0.378 e. The molecular formula is C23H25N3O3S2. The minimum atomic E-state index is -0.341. The molecule has 1 fully saturated rings. The van der Waals surface area contributed by atoms with Crippen molar-refractivity contribution < 1.29 is 9.53 Å². The Balaban J connectivity index is 1.59. The van der Waals surface area contributed by atoms with Gasteiger partial charge in [-0.25, -0.2) is 4.98 Å². The van der Waals surface area contributed by atoms with Crippen molar-refractivity contribution in [2.24, 2.45) is 0 Å². The molecule has 1 aromatic carbocycles. The summed E-state index contributed by atoms with van der Waals surface area (Å²) in [5, 5.41) is 1.00. The van der Waals surface area contributed by atoms with Crippen molar-refractivity contribution >= 4 is 39.2 Å². The van der Waals surface area contributed by atoms with Gasteiger partial charge in [0, 0.05) is 18.0 Å². The lowest BCUT2D eigenvalue weighted by Gasteiger charge is -2.29. The van der Waals surface area contributed by atoms with Gasteiger partial charge >= 0.3 is 0 Å². The van der Waals surface area contributed by atoms with Crippen LogP contribution in [-0.4, -0.2) is 51.9 Å². The first kappa shape index (κ1) is 20.7. The van der Waals surface area contributed by atoms with Crippen LogP contribution in [-0.2, 0) is 22.4 Å². The maximum Gasteiger partial charge on any atom is 0.267 e. The van der Waals surface area contributed by atoms with E-state index in [0.717, 1.165) is 35.2 Å². The van der Waals surface area contributed by atoms with Gasteiger partial charge in [-0.15, -0.1) is 11.3 Å². The molecule has 8 heteroatoms. The molecule has 0 saturated carbocycles. The van der Waals surface area contributed by atoms with Gasteiger partial charge in [0.05, 0.1) is 29.5 Å². The van der Waals surface area contributed by atoms with Crippen LogP contribution in [0.3, 0.4) is 0 Å². The van der Waals surface area contributed by atoms with Gasteiger partial charge in [0.1, 0.15) is 4.83 Å². The lowest BCUT2D eigenvalue weighted by Crippen LogP contribution is -2.44. The largest absolute Gasteiger partial charge is 0.378 e. The normalized spacial score (nSPS) is 17.5. The second-order valence-electron chi connectivity index (χ2n) is 7.96. The zero-order valence-electron chi connectivity index (χ0n) is 17.5. The zero-order chi connectivity index (χ0) is 21.4. The molecule has 3 aromatic rings. The summed E-state index contributed by atoms with van der Waals surface area (Å²) in [5.41, 5.74) is 1.94. The van der Waals surface area contributed by atoms with E-state index in [1.807, 2.05) is 42.2 Å². The molecule has 6 nitrogen and oxygen atoms in total. The van der Waals surface area contributed by atoms with Gasteiger partial charge in [0.25, 0.3) is 5.56 Å². The van der Waals surface area contributed by atoms with Crippen molar-refractivity contribution in [3.8, 4) is 5.69 Å². The maximum absolute atomic E-state index is 13.7. The van der Waals surface area contributed by atoms with Crippen LogP contribution >= 0.6 is 23.1 Å². The molecule has 31 heavy (non-hydrogen) atoms. The third-order valence-electron chi connectivity index (χ3n) is 5.93. The number of amides is 1. The predicted molar refractivity (Wildman–Crippen MR) is 125 cm³/mol. The van der Waals surface area contributed by atoms with Crippen molar-refractivity contribution in [3.05, 3.63) is 51.1 Å². The summed E-state index contributed by atoms with van der Waals surface area (Å²) in [6.45, 7) is 4.26. The van der Waals surface area contributed by atoms with Gasteiger partial charge in [0.15, 0.2) is 5.16 Å². The number of benzene rings is 1. The average Bonchev–Trinajstić information content (AvgIpc) is 3.18. The molecule has 1 aliphatic carbocycles. The number of nitrogens with zero attached hydrogens (tertiary/aromatic N) is 3. The third kappa shape index (κ3) is 3.92. The number of para-hydroxylation sites is 1. The van der Waals surface area contributed by atoms with Crippen LogP contribution in [0.15, 0.2) is 40.3 Å². The molecule has 0 spiro atoms. The van der Waals surface area contributed by atoms with Crippen LogP contribution in [0.25, 0.3) is 15.9 Å². The van der Waals surface area contributed by atoms with E-state index in [0.29, 0.717) is 31.5 Å². The number of carbonyl (C=O) groups excluding carboxylic acids is 1. The van der Waals surface area contributed by atoms with E-state index in [4.69, 9.17) is 9.72 Å². The number of aromatic nitrogens is 2. The quantitative estimate of drug-likeness (QED) is 0.444. The van der Waals surface area contributed by atoms with E-state index >= 15 is 0 Å². The van der Waals surface area contributed by atoms with E-state index in [1.165, 1.54) is 28.6 Å². The van der Waals surface area contributed by atoms with Crippen LogP contribution in [0, 0.1) is 0 Å². The highest BCUT2D eigenvalue weighted by Gasteiger charge is 2.27. The van der Waals surface area contributed by atoms with E-state index in [-0.39, 0.29) is 16.7 Å². The fraction of sp³-hybridized carbons (Fsp3) is 0.435. The van der Waals surface area contributed by atoms with Crippen molar-refractivity contribution in [1.29, 1.82) is 0 Å². The summed E-state index contributed by atoms with van der Waals surface area (Å²) in [4.78, 5) is 35.6. The standard InChI is InChI=1S/C23H25N3O3S2/c1-15(21(27)25-11-13-29-14-12-25)30-23-24-20-19(17-9-5-6-10-18(17)31-20)22(28)26(23)16-7-3-2-4-8-16/h2-4,7-8,15H,5-6,9-14H2,1H3. The Morgan fingerprint density at radius 3 is 2.68 bits per heavy atom. The van der Waals surface area contributed by atoms with E-state index in [2.05, 4.69) is 0 Å². The van der Waals surface area contributed by atoms with E-state index in [1.54, 1.807) is 15.9 Å². The summed E-state index contributed by atoms with van der Waals surface area (Å²) in [6, 6.07) is 9.63. The fourth-order valence-corrected chi connectivity index (χ4v) is 6.63. The molecule has 1 saturated heterocycles. The topological polar surface area (TPSA) is 64.4 Å². The molecule has 2 aromatic heterocycles. The van der Waals surface area contributed by atoms with Crippen molar-refractivity contribution in [1.82, 2.24) is 14.5 Å². The Kier molecular flexibility index (Phi) is 5.86. The Labute approximate surface area is 189 Å². The first-order chi connectivity index (χ1) is 15.1. The molecule has 1 unspecified atom stereocenters. The van der Waals surface area contributed by atoms with Gasteiger partial charge in [-0.3, -0.25) is 14.2 Å². The lowest BCUT2D eigenvalue weighted by atomic mass is 9.97. The molecule has 1 amide bonds. The highest BCUT2D eigenvalue weighted by Crippen LogP contribution is 2.36. The molecule has 1 atom stereocenters. The molecular weight excluding hydrogens is 430 g/mol. The summed E-state index contributed by atoms with van der Waals surface area (Å²) >= 11 is 3.01. The van der Waals surface area contributed by atoms with Crippen LogP contribution < -0.4 is 5.56 Å². The Bertz CT molecular complexity index is 1170. The zero-order valence-corrected chi connectivity index (χ0v) is 19.1. The Morgan fingerprint density at radius 2 is 1.90 bits per heavy atom. The predicted octanol–water partition coefficient (Wildman–Crippen LogP) is 3.67. The van der Waals surface area contributed by atoms with Gasteiger partial charge in [0.2, 0.25) is 5.91 Å². The first-order valence-corrected chi connectivity index (χ1v) is 12.5. The van der Waals surface area contributed by atoms with Gasteiger partial charge < -0.3 is 9.64 Å². The lowest BCUT2D eigenvalue weighted by molar-refractivity contribution is -0.134. The van der Waals surface area contributed by atoms with Crippen molar-refractivity contribution in [2.75, 3.05) is 26.3 Å². The third-order valence-corrected chi connectivity index (χ3v) is 8.15. The number of hydrogen-bond acceptors (Lipinski definition) is 6.